The number of oxazole rings is 1. The maximum Gasteiger partial charge on any atom is 0.168 e. The molecule has 0 N–H and O–H groups in total. The Morgan fingerprint density at radius 1 is 1.13 bits per heavy atom. The van der Waals surface area contributed by atoms with Gasteiger partial charge in [0.05, 0.1) is 11.4 Å². The summed E-state index contributed by atoms with van der Waals surface area (Å²) >= 11 is 0. The second kappa shape index (κ2) is 6.07. The summed E-state index contributed by atoms with van der Waals surface area (Å²) in [6.45, 7) is 4.17. The summed E-state index contributed by atoms with van der Waals surface area (Å²) in [5.74, 6) is 0.738. The summed E-state index contributed by atoms with van der Waals surface area (Å²) in [5.41, 5.74) is 5.31. The number of pyridine rings is 1. The zero-order chi connectivity index (χ0) is 15.1. The van der Waals surface area contributed by atoms with Gasteiger partial charge in [-0.15, -0.1) is 12.1 Å². The normalized spacial score (nSPS) is 10.7. The van der Waals surface area contributed by atoms with Gasteiger partial charge in [0, 0.05) is 38.2 Å². The monoisotopic (exact) mass is 482 g/mol. The third-order valence-corrected chi connectivity index (χ3v) is 3.67. The van der Waals surface area contributed by atoms with Crippen molar-refractivity contribution < 1.29 is 24.5 Å². The molecule has 0 fully saturated rings. The molecule has 0 bridgehead atoms. The second-order valence-electron chi connectivity index (χ2n) is 5.15. The average molecular weight is 482 g/mol. The number of aromatic nitrogens is 4. The molecule has 0 aliphatic carbocycles. The van der Waals surface area contributed by atoms with Crippen molar-refractivity contribution in [3.8, 4) is 17.2 Å². The molecule has 1 radical (unpaired) electrons. The summed E-state index contributed by atoms with van der Waals surface area (Å²) in [6.07, 6.45) is 5.09. The quantitative estimate of drug-likeness (QED) is 0.412. The maximum absolute atomic E-state index is 5.21. The van der Waals surface area contributed by atoms with Crippen LogP contribution in [-0.4, -0.2) is 19.5 Å². The Balaban J connectivity index is 0.00000156. The third-order valence-electron chi connectivity index (χ3n) is 3.67. The van der Waals surface area contributed by atoms with E-state index < -0.39 is 0 Å². The smallest absolute Gasteiger partial charge is 0.168 e. The first-order valence-corrected chi connectivity index (χ1v) is 6.96. The number of fused-ring (bicyclic) bond motifs is 1. The van der Waals surface area contributed by atoms with Gasteiger partial charge in [0.15, 0.2) is 6.39 Å². The Labute approximate surface area is 146 Å². The molecule has 0 spiro atoms. The largest absolute Gasteiger partial charge is 0.503 e. The molecule has 4 aromatic rings. The van der Waals surface area contributed by atoms with Crippen molar-refractivity contribution in [1.29, 1.82) is 0 Å². The van der Waals surface area contributed by atoms with Crippen LogP contribution in [0.4, 0.5) is 0 Å². The van der Waals surface area contributed by atoms with Crippen molar-refractivity contribution in [3.05, 3.63) is 60.2 Å². The van der Waals surface area contributed by atoms with E-state index in [1.54, 1.807) is 12.3 Å². The molecule has 0 aliphatic heterocycles. The predicted octanol–water partition coefficient (Wildman–Crippen LogP) is 3.49. The van der Waals surface area contributed by atoms with E-state index in [-0.39, 0.29) is 20.1 Å². The first kappa shape index (κ1) is 15.6. The molecular formula is C17H13IrN4O-. The van der Waals surface area contributed by atoms with Crippen LogP contribution in [0.5, 0.6) is 0 Å². The molecule has 0 unspecified atom stereocenters. The molecule has 23 heavy (non-hydrogen) atoms. The molecule has 4 rings (SSSR count). The maximum atomic E-state index is 5.21. The number of nitrogens with zero attached hydrogens (tertiary/aromatic N) is 4. The van der Waals surface area contributed by atoms with Gasteiger partial charge in [-0.1, -0.05) is 18.2 Å². The molecule has 5 nitrogen and oxygen atoms in total. The molecule has 6 heteroatoms. The zero-order valence-corrected chi connectivity index (χ0v) is 15.0. The fraction of sp³-hybridized carbons (Fsp3) is 0.118. The molecule has 0 saturated heterocycles. The van der Waals surface area contributed by atoms with Crippen molar-refractivity contribution in [2.24, 2.45) is 0 Å². The number of benzene rings is 1. The molecule has 0 atom stereocenters. The van der Waals surface area contributed by atoms with Crippen LogP contribution in [0.15, 0.2) is 47.5 Å². The first-order valence-electron chi connectivity index (χ1n) is 6.96. The van der Waals surface area contributed by atoms with E-state index >= 15 is 0 Å². The Hall–Kier alpha value is -2.30. The van der Waals surface area contributed by atoms with E-state index in [4.69, 9.17) is 4.42 Å². The van der Waals surface area contributed by atoms with Crippen molar-refractivity contribution in [3.63, 3.8) is 0 Å². The van der Waals surface area contributed by atoms with Crippen LogP contribution in [0.3, 0.4) is 0 Å². The van der Waals surface area contributed by atoms with Gasteiger partial charge in [-0.25, -0.2) is 4.98 Å². The molecular weight excluding hydrogens is 468 g/mol. The van der Waals surface area contributed by atoms with Crippen LogP contribution >= 0.6 is 0 Å². The van der Waals surface area contributed by atoms with Crippen LogP contribution in [-0.2, 0) is 20.1 Å². The second-order valence-corrected chi connectivity index (χ2v) is 5.15. The Kier molecular flexibility index (Phi) is 4.11. The van der Waals surface area contributed by atoms with Gasteiger partial charge in [0.25, 0.3) is 0 Å². The molecule has 1 aromatic carbocycles. The van der Waals surface area contributed by atoms with Gasteiger partial charge in [0.2, 0.25) is 0 Å². The summed E-state index contributed by atoms with van der Waals surface area (Å²) in [5, 5.41) is 0. The number of rotatable bonds is 2. The minimum Gasteiger partial charge on any atom is -0.503 e. The Morgan fingerprint density at radius 3 is 2.70 bits per heavy atom. The molecule has 0 aliphatic rings. The minimum absolute atomic E-state index is 0. The molecule has 3 heterocycles. The van der Waals surface area contributed by atoms with Gasteiger partial charge in [-0.3, -0.25) is 9.97 Å². The average Bonchev–Trinajstić information content (AvgIpc) is 3.15. The Bertz CT molecular complexity index is 953. The predicted molar refractivity (Wildman–Crippen MR) is 82.7 cm³/mol. The van der Waals surface area contributed by atoms with E-state index in [1.165, 1.54) is 17.5 Å². The van der Waals surface area contributed by atoms with E-state index in [9.17, 15) is 0 Å². The summed E-state index contributed by atoms with van der Waals surface area (Å²) in [4.78, 5) is 13.0. The first-order chi connectivity index (χ1) is 10.7. The SMILES string of the molecule is Cc1cccc(C)c1-n1ccnc1-c1[c-]cc2ocnc2n1.[Ir]. The van der Waals surface area contributed by atoms with Gasteiger partial charge in [-0.2, -0.15) is 0 Å². The fourth-order valence-corrected chi connectivity index (χ4v) is 2.66. The van der Waals surface area contributed by atoms with Gasteiger partial charge < -0.3 is 8.98 Å². The third kappa shape index (κ3) is 2.60. The van der Waals surface area contributed by atoms with E-state index in [2.05, 4.69) is 53.1 Å². The van der Waals surface area contributed by atoms with E-state index in [0.29, 0.717) is 16.9 Å². The zero-order valence-electron chi connectivity index (χ0n) is 12.6. The number of hydrogen-bond donors (Lipinski definition) is 0. The molecule has 0 amide bonds. The number of hydrogen-bond acceptors (Lipinski definition) is 4. The summed E-state index contributed by atoms with van der Waals surface area (Å²) in [7, 11) is 0. The van der Waals surface area contributed by atoms with Crippen molar-refractivity contribution in [2.45, 2.75) is 13.8 Å². The van der Waals surface area contributed by atoms with Gasteiger partial charge in [0.1, 0.15) is 5.65 Å². The molecule has 0 saturated carbocycles. The van der Waals surface area contributed by atoms with E-state index in [1.807, 2.05) is 10.8 Å². The van der Waals surface area contributed by atoms with Crippen LogP contribution in [0.1, 0.15) is 11.1 Å². The van der Waals surface area contributed by atoms with Crippen molar-refractivity contribution in [2.75, 3.05) is 0 Å². The van der Waals surface area contributed by atoms with Crippen LogP contribution < -0.4 is 0 Å². The van der Waals surface area contributed by atoms with Crippen molar-refractivity contribution in [1.82, 2.24) is 19.5 Å². The van der Waals surface area contributed by atoms with Crippen LogP contribution in [0.2, 0.25) is 0 Å². The minimum atomic E-state index is 0. The van der Waals surface area contributed by atoms with Crippen molar-refractivity contribution >= 4 is 11.2 Å². The Morgan fingerprint density at radius 2 is 1.91 bits per heavy atom. The fourth-order valence-electron chi connectivity index (χ4n) is 2.66. The summed E-state index contributed by atoms with van der Waals surface area (Å²) in [6, 6.07) is 11.1. The van der Waals surface area contributed by atoms with Crippen LogP contribution in [0.25, 0.3) is 28.4 Å². The number of aryl methyl sites for hydroxylation is 2. The number of para-hydroxylation sites is 1. The summed E-state index contributed by atoms with van der Waals surface area (Å²) < 4.78 is 7.25. The molecule has 3 aromatic heterocycles. The topological polar surface area (TPSA) is 56.7 Å². The molecule has 117 valence electrons. The van der Waals surface area contributed by atoms with Crippen LogP contribution in [0, 0.1) is 19.9 Å². The number of imidazole rings is 1. The standard InChI is InChI=1S/C17H13N4O.Ir/c1-11-4-3-5-12(2)15(11)21-9-8-18-17(21)13-6-7-14-16(20-13)19-10-22-14;/h3-5,7-10H,1-2H3;/q-1;. The van der Waals surface area contributed by atoms with E-state index in [0.717, 1.165) is 11.5 Å². The van der Waals surface area contributed by atoms with Gasteiger partial charge >= 0.3 is 0 Å². The van der Waals surface area contributed by atoms with Gasteiger partial charge in [-0.05, 0) is 30.7 Å².